The van der Waals surface area contributed by atoms with Gasteiger partial charge in [0.05, 0.1) is 11.0 Å². The molecule has 1 unspecified atom stereocenters. The molecule has 0 bridgehead atoms. The van der Waals surface area contributed by atoms with E-state index in [9.17, 15) is 0 Å². The summed E-state index contributed by atoms with van der Waals surface area (Å²) in [6.07, 6.45) is 2.03. The summed E-state index contributed by atoms with van der Waals surface area (Å²) >= 11 is 0. The van der Waals surface area contributed by atoms with Crippen LogP contribution in [0.25, 0.3) is 83.9 Å². The Labute approximate surface area is 376 Å². The van der Waals surface area contributed by atoms with E-state index in [1.807, 2.05) is 24.4 Å². The molecule has 1 atom stereocenters. The van der Waals surface area contributed by atoms with E-state index in [-0.39, 0.29) is 40.6 Å². The van der Waals surface area contributed by atoms with Crippen LogP contribution in [0.5, 0.6) is 5.75 Å². The fraction of sp³-hybridized carbons (Fsp3) is 0.186. The van der Waals surface area contributed by atoms with Crippen molar-refractivity contribution in [3.8, 4) is 78.6 Å². The highest BCUT2D eigenvalue weighted by Crippen LogP contribution is 2.54. The Morgan fingerprint density at radius 1 is 0.556 bits per heavy atom. The van der Waals surface area contributed by atoms with Crippen LogP contribution >= 0.6 is 0 Å². The summed E-state index contributed by atoms with van der Waals surface area (Å²) in [7, 11) is 0. The van der Waals surface area contributed by atoms with Crippen molar-refractivity contribution in [1.82, 2.24) is 4.57 Å². The lowest BCUT2D eigenvalue weighted by Crippen LogP contribution is -2.78. The Morgan fingerprint density at radius 3 is 1.98 bits per heavy atom. The van der Waals surface area contributed by atoms with Gasteiger partial charge in [0.2, 0.25) is 5.69 Å². The second kappa shape index (κ2) is 13.0. The van der Waals surface area contributed by atoms with Gasteiger partial charge in [0.15, 0.2) is 17.2 Å². The minimum absolute atomic E-state index is 0.0283. The van der Waals surface area contributed by atoms with Crippen molar-refractivity contribution in [2.45, 2.75) is 72.1 Å². The van der Waals surface area contributed by atoms with Crippen molar-refractivity contribution in [3.63, 3.8) is 0 Å². The van der Waals surface area contributed by atoms with Gasteiger partial charge in [0, 0.05) is 28.8 Å². The largest absolute Gasteiger partial charge is 0.499 e. The monoisotopic (exact) mass is 821 g/mol. The Hall–Kier alpha value is -7.04. The molecule has 3 aliphatic heterocycles. The number of para-hydroxylation sites is 2. The van der Waals surface area contributed by atoms with Crippen LogP contribution in [0.4, 0.5) is 0 Å². The number of ether oxygens (including phenoxy) is 1. The summed E-state index contributed by atoms with van der Waals surface area (Å²) < 4.78 is 50.5. The standard InChI is InChI=1S/C59H51N3O/c1-36-21-23-38(24-22-36)41-29-30-60-51(32-41)49-34-43(58(6,7)8)33-48-44-18-14-19-50-55(44)62-56(45-17-12-13-20-53(45)63-59(60,62)54(48)49)61(50)52-31-37(2)46(35-47(52)39-15-10-9-11-16-39)40-25-27-42(28-26-40)57(3,4)5/h9-35H,1-8H3/q+2/i21D,22D,23D,24D. The molecule has 0 amide bonds. The van der Waals surface area contributed by atoms with Gasteiger partial charge in [0.25, 0.3) is 0 Å². The zero-order chi connectivity index (χ0) is 46.6. The van der Waals surface area contributed by atoms with Crippen molar-refractivity contribution < 1.29 is 19.4 Å². The molecule has 0 N–H and O–H groups in total. The minimum Gasteiger partial charge on any atom is -0.392 e. The summed E-state index contributed by atoms with van der Waals surface area (Å²) in [4.78, 5) is 0. The lowest BCUT2D eigenvalue weighted by Gasteiger charge is -2.33. The summed E-state index contributed by atoms with van der Waals surface area (Å²) in [5.41, 5.74) is 18.5. The third-order valence-electron chi connectivity index (χ3n) is 13.5. The van der Waals surface area contributed by atoms with E-state index < -0.39 is 5.85 Å². The first-order valence-corrected chi connectivity index (χ1v) is 22.0. The first-order chi connectivity index (χ1) is 32.0. The highest BCUT2D eigenvalue weighted by Gasteiger charge is 2.68. The molecule has 1 spiro atoms. The van der Waals surface area contributed by atoms with Gasteiger partial charge in [-0.2, -0.15) is 4.57 Å². The molecule has 306 valence electrons. The maximum atomic E-state index is 9.09. The van der Waals surface area contributed by atoms with E-state index in [1.54, 1.807) is 6.92 Å². The summed E-state index contributed by atoms with van der Waals surface area (Å²) in [6, 6.07) is 48.0. The average molecular weight is 822 g/mol. The SMILES string of the molecule is [2H]c1c([2H])c(-c2cc[n+]3c(c2)-c2cc(C(C)(C)C)cc4c2C32Oc3ccccc3-c3n(-c5cc(C)c(-c6ccc(C(C)(C)C)cc6)cc5-c5ccccc5)c5cccc-4c5[n+]32)c([2H])c([2H])c1C. The van der Waals surface area contributed by atoms with Crippen LogP contribution in [0.1, 0.15) is 74.8 Å². The van der Waals surface area contributed by atoms with Crippen molar-refractivity contribution in [3.05, 3.63) is 192 Å². The topological polar surface area (TPSA) is 21.9 Å². The zero-order valence-corrected chi connectivity index (χ0v) is 37.0. The van der Waals surface area contributed by atoms with Crippen LogP contribution in [0, 0.1) is 13.8 Å². The van der Waals surface area contributed by atoms with Crippen molar-refractivity contribution in [2.75, 3.05) is 0 Å². The maximum Gasteiger partial charge on any atom is 0.499 e. The molecule has 0 aliphatic carbocycles. The van der Waals surface area contributed by atoms with Crippen LogP contribution < -0.4 is 13.9 Å². The molecule has 7 aromatic carbocycles. The van der Waals surface area contributed by atoms with Crippen LogP contribution in [0.15, 0.2) is 164 Å². The maximum absolute atomic E-state index is 9.09. The first kappa shape index (κ1) is 33.6. The predicted octanol–water partition coefficient (Wildman–Crippen LogP) is 13.6. The Bertz CT molecular complexity index is 3600. The third kappa shape index (κ3) is 5.34. The summed E-state index contributed by atoms with van der Waals surface area (Å²) in [5.74, 6) is 0.528. The molecule has 2 aromatic heterocycles. The van der Waals surface area contributed by atoms with Crippen LogP contribution in [-0.2, 0) is 16.7 Å². The lowest BCUT2D eigenvalue weighted by atomic mass is 9.80. The number of hydrogen-bond acceptors (Lipinski definition) is 1. The molecule has 5 heterocycles. The Morgan fingerprint density at radius 2 is 1.24 bits per heavy atom. The van der Waals surface area contributed by atoms with Gasteiger partial charge in [-0.15, -0.1) is 9.13 Å². The fourth-order valence-electron chi connectivity index (χ4n) is 10.3. The van der Waals surface area contributed by atoms with E-state index in [0.29, 0.717) is 11.1 Å². The quantitative estimate of drug-likeness (QED) is 0.162. The van der Waals surface area contributed by atoms with E-state index in [4.69, 9.17) is 10.2 Å². The van der Waals surface area contributed by atoms with Gasteiger partial charge >= 0.3 is 11.7 Å². The summed E-state index contributed by atoms with van der Waals surface area (Å²) in [5, 5.41) is 0. The molecule has 12 rings (SSSR count). The third-order valence-corrected chi connectivity index (χ3v) is 13.5. The fourth-order valence-corrected chi connectivity index (χ4v) is 10.3. The number of rotatable bonds is 4. The molecule has 0 fully saturated rings. The predicted molar refractivity (Wildman–Crippen MR) is 256 cm³/mol. The molecule has 0 radical (unpaired) electrons. The minimum atomic E-state index is -1.21. The summed E-state index contributed by atoms with van der Waals surface area (Å²) in [6.45, 7) is 17.4. The number of benzene rings is 7. The van der Waals surface area contributed by atoms with Gasteiger partial charge < -0.3 is 4.74 Å². The number of nitrogens with zero attached hydrogens (tertiary/aromatic N) is 3. The Kier molecular flexibility index (Phi) is 6.93. The van der Waals surface area contributed by atoms with Crippen molar-refractivity contribution >= 4 is 11.0 Å². The number of hydrogen-bond donors (Lipinski definition) is 0. The molecule has 63 heavy (non-hydrogen) atoms. The van der Waals surface area contributed by atoms with Gasteiger partial charge in [-0.3, -0.25) is 0 Å². The Balaban J connectivity index is 1.21. The van der Waals surface area contributed by atoms with Crippen molar-refractivity contribution in [2.24, 2.45) is 0 Å². The van der Waals surface area contributed by atoms with E-state index in [2.05, 4.69) is 177 Å². The second-order valence-corrected chi connectivity index (χ2v) is 19.6. The van der Waals surface area contributed by atoms with Crippen LogP contribution in [0.2, 0.25) is 0 Å². The highest BCUT2D eigenvalue weighted by molar-refractivity contribution is 5.99. The van der Waals surface area contributed by atoms with E-state index in [0.717, 1.165) is 72.9 Å². The normalized spacial score (nSPS) is 16.4. The van der Waals surface area contributed by atoms with Crippen LogP contribution in [0.3, 0.4) is 0 Å². The van der Waals surface area contributed by atoms with Crippen LogP contribution in [-0.4, -0.2) is 4.57 Å². The number of pyridine rings is 1. The van der Waals surface area contributed by atoms with Gasteiger partial charge in [0.1, 0.15) is 22.6 Å². The lowest BCUT2D eigenvalue weighted by molar-refractivity contribution is -0.997. The highest BCUT2D eigenvalue weighted by atomic mass is 16.5. The van der Waals surface area contributed by atoms with E-state index in [1.165, 1.54) is 27.8 Å². The van der Waals surface area contributed by atoms with Gasteiger partial charge in [-0.1, -0.05) is 144 Å². The molecule has 0 saturated carbocycles. The number of aromatic nitrogens is 3. The van der Waals surface area contributed by atoms with Gasteiger partial charge in [-0.25, -0.2) is 0 Å². The number of imidazole rings is 1. The number of fused-ring (bicyclic) bond motifs is 5. The van der Waals surface area contributed by atoms with E-state index >= 15 is 0 Å². The van der Waals surface area contributed by atoms with Gasteiger partial charge in [-0.05, 0) is 118 Å². The molecule has 4 nitrogen and oxygen atoms in total. The number of aryl methyl sites for hydroxylation is 1. The smallest absolute Gasteiger partial charge is 0.392 e. The molecular weight excluding hydrogens is 767 g/mol. The molecule has 9 aromatic rings. The average Bonchev–Trinajstić information content (AvgIpc) is 3.81. The first-order valence-electron chi connectivity index (χ1n) is 24.0. The molecule has 0 saturated heterocycles. The molecule has 4 heteroatoms. The molecule has 3 aliphatic rings. The molecular formula is C59H51N3O+2. The second-order valence-electron chi connectivity index (χ2n) is 19.6. The van der Waals surface area contributed by atoms with Crippen molar-refractivity contribution in [1.29, 1.82) is 0 Å². The zero-order valence-electron chi connectivity index (χ0n) is 41.0.